The molecule has 1 saturated heterocycles. The zero-order chi connectivity index (χ0) is 21.3. The highest BCUT2D eigenvalue weighted by Gasteiger charge is 2.30. The molecule has 10 heteroatoms. The van der Waals surface area contributed by atoms with Gasteiger partial charge in [-0.1, -0.05) is 12.1 Å². The van der Waals surface area contributed by atoms with Crippen molar-refractivity contribution in [3.63, 3.8) is 0 Å². The lowest BCUT2D eigenvalue weighted by atomic mass is 10.2. The zero-order valence-corrected chi connectivity index (χ0v) is 17.5. The Morgan fingerprint density at radius 2 is 1.63 bits per heavy atom. The fourth-order valence-corrected chi connectivity index (χ4v) is 5.11. The molecule has 0 atom stereocenters. The Morgan fingerprint density at radius 3 is 2.23 bits per heavy atom. The normalized spacial score (nSPS) is 15.2. The molecular formula is C20H21N7O2S. The van der Waals surface area contributed by atoms with E-state index in [2.05, 4.69) is 15.3 Å². The molecule has 9 nitrogen and oxygen atoms in total. The minimum Gasteiger partial charge on any atom is -0.352 e. The van der Waals surface area contributed by atoms with Crippen LogP contribution in [-0.4, -0.2) is 58.9 Å². The summed E-state index contributed by atoms with van der Waals surface area (Å²) in [6.07, 6.45) is 0. The molecule has 154 valence electrons. The third-order valence-electron chi connectivity index (χ3n) is 5.05. The van der Waals surface area contributed by atoms with Gasteiger partial charge < -0.3 is 4.90 Å². The number of nitriles is 1. The fraction of sp³-hybridized carbons (Fsp3) is 0.300. The lowest BCUT2D eigenvalue weighted by molar-refractivity contribution is 0.383. The van der Waals surface area contributed by atoms with Crippen LogP contribution >= 0.6 is 0 Å². The first-order valence-corrected chi connectivity index (χ1v) is 11.0. The summed E-state index contributed by atoms with van der Waals surface area (Å²) in [6, 6.07) is 13.9. The van der Waals surface area contributed by atoms with Crippen LogP contribution in [0.5, 0.6) is 0 Å². The third kappa shape index (κ3) is 3.65. The average molecular weight is 424 g/mol. The first kappa shape index (κ1) is 20.0. The molecule has 1 aromatic carbocycles. The van der Waals surface area contributed by atoms with Crippen LogP contribution in [0.1, 0.15) is 17.0 Å². The minimum atomic E-state index is -3.72. The van der Waals surface area contributed by atoms with Crippen LogP contribution in [0.3, 0.4) is 0 Å². The van der Waals surface area contributed by atoms with Crippen LogP contribution < -0.4 is 4.90 Å². The van der Waals surface area contributed by atoms with Crippen molar-refractivity contribution in [3.8, 4) is 11.9 Å². The van der Waals surface area contributed by atoms with Gasteiger partial charge in [-0.3, -0.25) is 0 Å². The van der Waals surface area contributed by atoms with Crippen molar-refractivity contribution in [2.24, 2.45) is 0 Å². The SMILES string of the molecule is Cc1cc(C)n(-c2ccc(N3CCN(S(=O)(=O)c4ccccc4C#N)CC3)nn2)n1. The van der Waals surface area contributed by atoms with Gasteiger partial charge in [0.1, 0.15) is 6.07 Å². The summed E-state index contributed by atoms with van der Waals surface area (Å²) in [7, 11) is -3.72. The molecule has 0 N–H and O–H groups in total. The Labute approximate surface area is 175 Å². The van der Waals surface area contributed by atoms with Gasteiger partial charge in [0.15, 0.2) is 11.6 Å². The van der Waals surface area contributed by atoms with Gasteiger partial charge in [-0.15, -0.1) is 10.2 Å². The highest BCUT2D eigenvalue weighted by atomic mass is 32.2. The predicted molar refractivity (Wildman–Crippen MR) is 111 cm³/mol. The fourth-order valence-electron chi connectivity index (χ4n) is 3.54. The predicted octanol–water partition coefficient (Wildman–Crippen LogP) is 1.66. The summed E-state index contributed by atoms with van der Waals surface area (Å²) in [6.45, 7) is 5.48. The van der Waals surface area contributed by atoms with E-state index in [1.54, 1.807) is 16.8 Å². The number of piperazine rings is 1. The summed E-state index contributed by atoms with van der Waals surface area (Å²) in [4.78, 5) is 2.05. The summed E-state index contributed by atoms with van der Waals surface area (Å²) in [5.74, 6) is 1.33. The molecule has 0 radical (unpaired) electrons. The van der Waals surface area contributed by atoms with E-state index in [0.717, 1.165) is 11.4 Å². The van der Waals surface area contributed by atoms with Crippen molar-refractivity contribution < 1.29 is 8.42 Å². The standard InChI is InChI=1S/C20H21N7O2S/c1-15-13-16(2)27(24-15)20-8-7-19(22-23-20)25-9-11-26(12-10-25)30(28,29)18-6-4-3-5-17(18)14-21/h3-8,13H,9-12H2,1-2H3. The van der Waals surface area contributed by atoms with Crippen LogP contribution in [0.4, 0.5) is 5.82 Å². The molecule has 30 heavy (non-hydrogen) atoms. The van der Waals surface area contributed by atoms with Crippen LogP contribution in [-0.2, 0) is 10.0 Å². The molecule has 4 rings (SSSR count). The Hall–Kier alpha value is -3.29. The van der Waals surface area contributed by atoms with E-state index < -0.39 is 10.0 Å². The maximum absolute atomic E-state index is 13.0. The molecule has 0 amide bonds. The summed E-state index contributed by atoms with van der Waals surface area (Å²) in [5.41, 5.74) is 2.05. The number of rotatable bonds is 4. The molecule has 0 bridgehead atoms. The molecule has 0 aliphatic carbocycles. The molecule has 3 heterocycles. The van der Waals surface area contributed by atoms with E-state index >= 15 is 0 Å². The van der Waals surface area contributed by atoms with Crippen molar-refractivity contribution in [3.05, 3.63) is 59.4 Å². The van der Waals surface area contributed by atoms with E-state index in [9.17, 15) is 13.7 Å². The van der Waals surface area contributed by atoms with Crippen molar-refractivity contribution in [1.29, 1.82) is 5.26 Å². The van der Waals surface area contributed by atoms with Gasteiger partial charge in [-0.2, -0.15) is 14.7 Å². The maximum Gasteiger partial charge on any atom is 0.244 e. The average Bonchev–Trinajstić information content (AvgIpc) is 3.11. The molecule has 0 unspecified atom stereocenters. The molecule has 1 fully saturated rings. The number of aryl methyl sites for hydroxylation is 2. The second-order valence-electron chi connectivity index (χ2n) is 7.09. The number of aromatic nitrogens is 4. The zero-order valence-electron chi connectivity index (χ0n) is 16.7. The van der Waals surface area contributed by atoms with E-state index in [0.29, 0.717) is 37.8 Å². The highest BCUT2D eigenvalue weighted by molar-refractivity contribution is 7.89. The van der Waals surface area contributed by atoms with E-state index in [-0.39, 0.29) is 10.5 Å². The second-order valence-corrected chi connectivity index (χ2v) is 8.99. The van der Waals surface area contributed by atoms with Crippen LogP contribution in [0.15, 0.2) is 47.4 Å². The molecule has 0 saturated carbocycles. The smallest absolute Gasteiger partial charge is 0.244 e. The van der Waals surface area contributed by atoms with Crippen LogP contribution in [0, 0.1) is 25.2 Å². The van der Waals surface area contributed by atoms with Crippen LogP contribution in [0.25, 0.3) is 5.82 Å². The van der Waals surface area contributed by atoms with Crippen LogP contribution in [0.2, 0.25) is 0 Å². The summed E-state index contributed by atoms with van der Waals surface area (Å²) in [5, 5.41) is 22.2. The van der Waals surface area contributed by atoms with E-state index in [1.807, 2.05) is 43.0 Å². The lowest BCUT2D eigenvalue weighted by Gasteiger charge is -2.34. The number of nitrogens with zero attached hydrogens (tertiary/aromatic N) is 7. The minimum absolute atomic E-state index is 0.0509. The van der Waals surface area contributed by atoms with Gasteiger partial charge in [0.05, 0.1) is 16.2 Å². The van der Waals surface area contributed by atoms with Gasteiger partial charge >= 0.3 is 0 Å². The third-order valence-corrected chi connectivity index (χ3v) is 7.01. The molecule has 3 aromatic rings. The van der Waals surface area contributed by atoms with Gasteiger partial charge in [0, 0.05) is 31.9 Å². The Balaban J connectivity index is 1.47. The van der Waals surface area contributed by atoms with Gasteiger partial charge in [-0.05, 0) is 44.2 Å². The van der Waals surface area contributed by atoms with Crippen molar-refractivity contribution in [2.75, 3.05) is 31.1 Å². The molecule has 2 aromatic heterocycles. The number of anilines is 1. The number of benzene rings is 1. The monoisotopic (exact) mass is 423 g/mol. The Kier molecular flexibility index (Phi) is 5.24. The number of hydrogen-bond acceptors (Lipinski definition) is 7. The topological polar surface area (TPSA) is 108 Å². The molecule has 0 spiro atoms. The largest absolute Gasteiger partial charge is 0.352 e. The first-order valence-electron chi connectivity index (χ1n) is 9.52. The van der Waals surface area contributed by atoms with E-state index in [1.165, 1.54) is 16.4 Å². The van der Waals surface area contributed by atoms with Gasteiger partial charge in [-0.25, -0.2) is 13.1 Å². The quantitative estimate of drug-likeness (QED) is 0.628. The number of sulfonamides is 1. The van der Waals surface area contributed by atoms with E-state index in [4.69, 9.17) is 0 Å². The summed E-state index contributed by atoms with van der Waals surface area (Å²) >= 11 is 0. The maximum atomic E-state index is 13.0. The molecule has 1 aliphatic heterocycles. The molecule has 1 aliphatic rings. The van der Waals surface area contributed by atoms with Gasteiger partial charge in [0.25, 0.3) is 0 Å². The Bertz CT molecular complexity index is 1200. The highest BCUT2D eigenvalue weighted by Crippen LogP contribution is 2.22. The van der Waals surface area contributed by atoms with Crippen molar-refractivity contribution in [1.82, 2.24) is 24.3 Å². The number of hydrogen-bond donors (Lipinski definition) is 0. The first-order chi connectivity index (χ1) is 14.4. The lowest BCUT2D eigenvalue weighted by Crippen LogP contribution is -2.49. The van der Waals surface area contributed by atoms with Crippen molar-refractivity contribution in [2.45, 2.75) is 18.7 Å². The second kappa shape index (κ2) is 7.85. The van der Waals surface area contributed by atoms with Crippen molar-refractivity contribution >= 4 is 15.8 Å². The van der Waals surface area contributed by atoms with Gasteiger partial charge in [0.2, 0.25) is 10.0 Å². The summed E-state index contributed by atoms with van der Waals surface area (Å²) < 4.78 is 29.1. The Morgan fingerprint density at radius 1 is 0.967 bits per heavy atom. The molecular weight excluding hydrogens is 402 g/mol.